The number of aromatic nitrogens is 2. The Kier molecular flexibility index (Phi) is 5.75. The summed E-state index contributed by atoms with van der Waals surface area (Å²) in [5.41, 5.74) is 6.31. The molecule has 4 rings (SSSR count). The lowest BCUT2D eigenvalue weighted by Gasteiger charge is -2.11. The lowest BCUT2D eigenvalue weighted by molar-refractivity contribution is -0.125. The van der Waals surface area contributed by atoms with Gasteiger partial charge in [0.2, 0.25) is 6.10 Å². The maximum Gasteiger partial charge on any atom is 0.268 e. The van der Waals surface area contributed by atoms with Gasteiger partial charge in [-0.1, -0.05) is 41.6 Å². The zero-order valence-electron chi connectivity index (χ0n) is 18.2. The quantitative estimate of drug-likeness (QED) is 0.656. The van der Waals surface area contributed by atoms with Crippen LogP contribution in [-0.4, -0.2) is 34.6 Å². The molecule has 1 unspecified atom stereocenters. The van der Waals surface area contributed by atoms with Gasteiger partial charge in [0.25, 0.3) is 5.91 Å². The number of anilines is 1. The Hall–Kier alpha value is -3.61. The van der Waals surface area contributed by atoms with Gasteiger partial charge < -0.3 is 14.9 Å². The Bertz CT molecular complexity index is 1150. The number of oxime groups is 1. The molecule has 7 heteroatoms. The Morgan fingerprint density at radius 2 is 1.90 bits per heavy atom. The number of carbonyl (C=O) groups excluding carboxylic acids is 1. The van der Waals surface area contributed by atoms with Crippen molar-refractivity contribution in [2.24, 2.45) is 5.16 Å². The highest BCUT2D eigenvalue weighted by atomic mass is 16.6. The van der Waals surface area contributed by atoms with Crippen LogP contribution in [0.15, 0.2) is 53.7 Å². The van der Waals surface area contributed by atoms with E-state index in [9.17, 15) is 4.79 Å². The van der Waals surface area contributed by atoms with Crippen LogP contribution in [0.4, 0.5) is 5.69 Å². The second-order valence-corrected chi connectivity index (χ2v) is 7.66. The Balaban J connectivity index is 1.46. The molecular weight excluding hydrogens is 392 g/mol. The van der Waals surface area contributed by atoms with Crippen molar-refractivity contribution in [2.45, 2.75) is 39.8 Å². The molecule has 1 atom stereocenters. The number of para-hydroxylation sites is 1. The number of aryl methyl sites for hydroxylation is 2. The molecule has 0 bridgehead atoms. The fourth-order valence-corrected chi connectivity index (χ4v) is 3.74. The summed E-state index contributed by atoms with van der Waals surface area (Å²) in [6.07, 6.45) is -0.319. The van der Waals surface area contributed by atoms with Crippen LogP contribution >= 0.6 is 0 Å². The number of rotatable bonds is 6. The lowest BCUT2D eigenvalue weighted by atomic mass is 10.0. The molecule has 0 fully saturated rings. The molecule has 1 amide bonds. The fourth-order valence-electron chi connectivity index (χ4n) is 3.74. The van der Waals surface area contributed by atoms with E-state index in [4.69, 9.17) is 9.57 Å². The summed E-state index contributed by atoms with van der Waals surface area (Å²) in [6.45, 7) is 6.58. The van der Waals surface area contributed by atoms with Gasteiger partial charge in [0.15, 0.2) is 0 Å². The average molecular weight is 418 g/mol. The second-order valence-electron chi connectivity index (χ2n) is 7.66. The topological polar surface area (TPSA) is 77.7 Å². The number of carbonyl (C=O) groups is 1. The minimum Gasteiger partial charge on any atom is -0.496 e. The van der Waals surface area contributed by atoms with Crippen molar-refractivity contribution in [3.05, 3.63) is 76.6 Å². The minimum absolute atomic E-state index is 0.240. The first-order chi connectivity index (χ1) is 15.0. The van der Waals surface area contributed by atoms with Crippen LogP contribution in [0.25, 0.3) is 0 Å². The van der Waals surface area contributed by atoms with E-state index in [2.05, 4.69) is 34.6 Å². The molecule has 0 spiro atoms. The third-order valence-corrected chi connectivity index (χ3v) is 5.59. The maximum atomic E-state index is 12.9. The van der Waals surface area contributed by atoms with Gasteiger partial charge in [0.1, 0.15) is 5.75 Å². The molecule has 160 valence electrons. The average Bonchev–Trinajstić information content (AvgIpc) is 3.36. The van der Waals surface area contributed by atoms with E-state index in [0.717, 1.165) is 17.0 Å². The fraction of sp³-hybridized carbons (Fsp3) is 0.292. The van der Waals surface area contributed by atoms with Crippen molar-refractivity contribution in [3.63, 3.8) is 0 Å². The number of nitrogens with one attached hydrogen (secondary N) is 1. The van der Waals surface area contributed by atoms with E-state index < -0.39 is 6.10 Å². The van der Waals surface area contributed by atoms with Crippen molar-refractivity contribution in [1.82, 2.24) is 9.78 Å². The summed E-state index contributed by atoms with van der Waals surface area (Å²) in [5, 5.41) is 11.7. The zero-order valence-corrected chi connectivity index (χ0v) is 18.2. The molecule has 31 heavy (non-hydrogen) atoms. The highest BCUT2D eigenvalue weighted by Crippen LogP contribution is 2.26. The zero-order chi connectivity index (χ0) is 22.0. The Morgan fingerprint density at radius 1 is 1.16 bits per heavy atom. The number of hydrogen-bond donors (Lipinski definition) is 1. The molecule has 1 aromatic heterocycles. The van der Waals surface area contributed by atoms with Gasteiger partial charge in [-0.3, -0.25) is 9.48 Å². The Labute approximate surface area is 181 Å². The van der Waals surface area contributed by atoms with E-state index in [1.54, 1.807) is 7.11 Å². The number of benzene rings is 2. The normalized spacial score (nSPS) is 15.4. The van der Waals surface area contributed by atoms with Crippen molar-refractivity contribution in [2.75, 3.05) is 12.4 Å². The number of ether oxygens (including phenoxy) is 1. The first kappa shape index (κ1) is 20.7. The molecule has 1 aliphatic rings. The summed E-state index contributed by atoms with van der Waals surface area (Å²) in [4.78, 5) is 18.3. The molecule has 0 aliphatic carbocycles. The van der Waals surface area contributed by atoms with Crippen LogP contribution in [0.5, 0.6) is 5.75 Å². The second kappa shape index (κ2) is 8.63. The van der Waals surface area contributed by atoms with Gasteiger partial charge in [-0.25, -0.2) is 0 Å². The molecule has 3 aromatic rings. The van der Waals surface area contributed by atoms with Gasteiger partial charge in [-0.15, -0.1) is 0 Å². The van der Waals surface area contributed by atoms with Gasteiger partial charge >= 0.3 is 0 Å². The van der Waals surface area contributed by atoms with Gasteiger partial charge in [-0.05, 0) is 44.0 Å². The van der Waals surface area contributed by atoms with Crippen LogP contribution < -0.4 is 10.1 Å². The largest absolute Gasteiger partial charge is 0.496 e. The van der Waals surface area contributed by atoms with E-state index in [0.29, 0.717) is 30.1 Å². The number of methoxy groups -OCH3 is 1. The van der Waals surface area contributed by atoms with Crippen LogP contribution in [0, 0.1) is 20.8 Å². The standard InChI is InChI=1S/C24H26N4O3/c1-15-9-5-6-10-18(15)14-28-17(3)23(16(2)26-28)25-24(29)22-13-20(27-31-22)19-11-7-8-12-21(19)30-4/h5-12,22H,13-14H2,1-4H3,(H,25,29). The third kappa shape index (κ3) is 4.17. The van der Waals surface area contributed by atoms with E-state index in [1.165, 1.54) is 11.1 Å². The van der Waals surface area contributed by atoms with Crippen LogP contribution in [0.3, 0.4) is 0 Å². The third-order valence-electron chi connectivity index (χ3n) is 5.59. The van der Waals surface area contributed by atoms with Gasteiger partial charge in [0, 0.05) is 12.0 Å². The highest BCUT2D eigenvalue weighted by molar-refractivity contribution is 6.07. The SMILES string of the molecule is COc1ccccc1C1=NOC(C(=O)Nc2c(C)nn(Cc3ccccc3C)c2C)C1. The van der Waals surface area contributed by atoms with E-state index >= 15 is 0 Å². The molecule has 2 aromatic carbocycles. The predicted octanol–water partition coefficient (Wildman–Crippen LogP) is 4.00. The summed E-state index contributed by atoms with van der Waals surface area (Å²) in [5.74, 6) is 0.463. The number of amides is 1. The first-order valence-electron chi connectivity index (χ1n) is 10.2. The monoisotopic (exact) mass is 418 g/mol. The van der Waals surface area contributed by atoms with Crippen molar-refractivity contribution in [3.8, 4) is 5.75 Å². The summed E-state index contributed by atoms with van der Waals surface area (Å²) < 4.78 is 7.31. The predicted molar refractivity (Wildman–Crippen MR) is 120 cm³/mol. The van der Waals surface area contributed by atoms with Crippen LogP contribution in [0.1, 0.15) is 34.5 Å². The first-order valence-corrected chi connectivity index (χ1v) is 10.2. The lowest BCUT2D eigenvalue weighted by Crippen LogP contribution is -2.28. The smallest absolute Gasteiger partial charge is 0.268 e. The van der Waals surface area contributed by atoms with Crippen molar-refractivity contribution >= 4 is 17.3 Å². The van der Waals surface area contributed by atoms with Gasteiger partial charge in [0.05, 0.1) is 36.4 Å². The Morgan fingerprint density at radius 3 is 2.68 bits per heavy atom. The van der Waals surface area contributed by atoms with Crippen molar-refractivity contribution in [1.29, 1.82) is 0 Å². The number of nitrogens with zero attached hydrogens (tertiary/aromatic N) is 3. The summed E-state index contributed by atoms with van der Waals surface area (Å²) in [6, 6.07) is 15.8. The molecule has 2 heterocycles. The number of hydrogen-bond acceptors (Lipinski definition) is 5. The molecule has 0 saturated heterocycles. The maximum absolute atomic E-state index is 12.9. The van der Waals surface area contributed by atoms with Crippen LogP contribution in [0.2, 0.25) is 0 Å². The molecule has 1 aliphatic heterocycles. The summed E-state index contributed by atoms with van der Waals surface area (Å²) in [7, 11) is 1.61. The van der Waals surface area contributed by atoms with Crippen molar-refractivity contribution < 1.29 is 14.4 Å². The minimum atomic E-state index is -0.696. The molecule has 1 N–H and O–H groups in total. The van der Waals surface area contributed by atoms with E-state index in [-0.39, 0.29) is 5.91 Å². The van der Waals surface area contributed by atoms with E-state index in [1.807, 2.05) is 54.9 Å². The van der Waals surface area contributed by atoms with Gasteiger partial charge in [-0.2, -0.15) is 5.10 Å². The molecule has 7 nitrogen and oxygen atoms in total. The molecule has 0 radical (unpaired) electrons. The molecule has 0 saturated carbocycles. The highest BCUT2D eigenvalue weighted by Gasteiger charge is 2.31. The molecular formula is C24H26N4O3. The van der Waals surface area contributed by atoms with Crippen LogP contribution in [-0.2, 0) is 16.2 Å². The summed E-state index contributed by atoms with van der Waals surface area (Å²) >= 11 is 0.